The number of hydrogen-bond acceptors (Lipinski definition) is 2. The fourth-order valence-corrected chi connectivity index (χ4v) is 3.08. The van der Waals surface area contributed by atoms with E-state index in [1.54, 1.807) is 18.2 Å². The first kappa shape index (κ1) is 17.1. The maximum absolute atomic E-state index is 13.9. The number of benzene rings is 2. The minimum absolute atomic E-state index is 0.111. The molecule has 1 N–H and O–H groups in total. The number of para-hydroxylation sites is 1. The van der Waals surface area contributed by atoms with Crippen LogP contribution in [0.15, 0.2) is 54.6 Å². The van der Waals surface area contributed by atoms with Crippen LogP contribution in [-0.4, -0.2) is 24.9 Å². The highest BCUT2D eigenvalue weighted by Crippen LogP contribution is 2.27. The highest BCUT2D eigenvalue weighted by molar-refractivity contribution is 6.00. The van der Waals surface area contributed by atoms with Crippen LogP contribution in [0, 0.1) is 11.7 Å². The number of nitrogens with one attached hydrogen (secondary N) is 1. The van der Waals surface area contributed by atoms with Crippen molar-refractivity contribution in [3.8, 4) is 0 Å². The summed E-state index contributed by atoms with van der Waals surface area (Å²) < 4.78 is 13.9. The molecule has 4 nitrogen and oxygen atoms in total. The Kier molecular flexibility index (Phi) is 5.12. The Labute approximate surface area is 146 Å². The van der Waals surface area contributed by atoms with E-state index >= 15 is 0 Å². The molecule has 1 aliphatic heterocycles. The Bertz CT molecular complexity index is 763. The highest BCUT2D eigenvalue weighted by Gasteiger charge is 2.36. The molecule has 25 heavy (non-hydrogen) atoms. The van der Waals surface area contributed by atoms with Crippen molar-refractivity contribution in [3.05, 3.63) is 66.0 Å². The largest absolute Gasteiger partial charge is 0.355 e. The normalized spacial score (nSPS) is 18.2. The molecule has 2 atom stereocenters. The van der Waals surface area contributed by atoms with E-state index in [2.05, 4.69) is 5.32 Å². The van der Waals surface area contributed by atoms with Gasteiger partial charge in [-0.25, -0.2) is 4.39 Å². The zero-order valence-corrected chi connectivity index (χ0v) is 14.1. The van der Waals surface area contributed by atoms with E-state index in [1.165, 1.54) is 11.0 Å². The van der Waals surface area contributed by atoms with Gasteiger partial charge in [-0.2, -0.15) is 0 Å². The first-order valence-corrected chi connectivity index (χ1v) is 8.44. The van der Waals surface area contributed by atoms with Crippen molar-refractivity contribution in [1.82, 2.24) is 5.32 Å². The van der Waals surface area contributed by atoms with Crippen molar-refractivity contribution in [2.45, 2.75) is 19.3 Å². The van der Waals surface area contributed by atoms with Gasteiger partial charge in [-0.1, -0.05) is 49.4 Å². The molecule has 130 valence electrons. The summed E-state index contributed by atoms with van der Waals surface area (Å²) in [5, 5.41) is 2.92. The zero-order valence-electron chi connectivity index (χ0n) is 14.1. The predicted molar refractivity (Wildman–Crippen MR) is 94.7 cm³/mol. The number of anilines is 1. The van der Waals surface area contributed by atoms with E-state index in [4.69, 9.17) is 0 Å². The molecule has 3 rings (SSSR count). The fourth-order valence-electron chi connectivity index (χ4n) is 3.08. The summed E-state index contributed by atoms with van der Waals surface area (Å²) in [7, 11) is 0. The number of amides is 2. The van der Waals surface area contributed by atoms with Crippen LogP contribution >= 0.6 is 0 Å². The molecule has 1 aliphatic rings. The van der Waals surface area contributed by atoms with Crippen LogP contribution in [0.25, 0.3) is 0 Å². The lowest BCUT2D eigenvalue weighted by Crippen LogP contribution is -2.35. The predicted octanol–water partition coefficient (Wildman–Crippen LogP) is 3.10. The van der Waals surface area contributed by atoms with Crippen molar-refractivity contribution >= 4 is 17.5 Å². The van der Waals surface area contributed by atoms with Gasteiger partial charge in [0.05, 0.1) is 11.6 Å². The third-order valence-corrected chi connectivity index (χ3v) is 4.59. The SMILES string of the molecule is C[C@H](CNC(=O)[C@H]1CC(=O)N(c2ccccc2F)C1)c1ccccc1. The molecule has 1 saturated heterocycles. The van der Waals surface area contributed by atoms with Gasteiger partial charge in [0, 0.05) is 19.5 Å². The Balaban J connectivity index is 1.59. The molecule has 0 spiro atoms. The van der Waals surface area contributed by atoms with E-state index in [-0.39, 0.29) is 36.4 Å². The molecule has 0 saturated carbocycles. The minimum atomic E-state index is -0.449. The van der Waals surface area contributed by atoms with Gasteiger partial charge in [-0.05, 0) is 23.6 Å². The van der Waals surface area contributed by atoms with E-state index < -0.39 is 11.7 Å². The van der Waals surface area contributed by atoms with Crippen molar-refractivity contribution in [3.63, 3.8) is 0 Å². The maximum Gasteiger partial charge on any atom is 0.227 e. The van der Waals surface area contributed by atoms with Crippen LogP contribution in [0.3, 0.4) is 0 Å². The Morgan fingerprint density at radius 2 is 1.88 bits per heavy atom. The van der Waals surface area contributed by atoms with Gasteiger partial charge in [-0.15, -0.1) is 0 Å². The molecule has 1 fully saturated rings. The van der Waals surface area contributed by atoms with Gasteiger partial charge in [0.25, 0.3) is 0 Å². The van der Waals surface area contributed by atoms with Crippen LogP contribution in [-0.2, 0) is 9.59 Å². The molecule has 0 aromatic heterocycles. The summed E-state index contributed by atoms with van der Waals surface area (Å²) in [5.74, 6) is -1.09. The third kappa shape index (κ3) is 3.87. The van der Waals surface area contributed by atoms with Crippen molar-refractivity contribution in [1.29, 1.82) is 0 Å². The molecule has 1 heterocycles. The van der Waals surface area contributed by atoms with Crippen LogP contribution < -0.4 is 10.2 Å². The van der Waals surface area contributed by atoms with Gasteiger partial charge >= 0.3 is 0 Å². The number of halogens is 1. The molecule has 0 aliphatic carbocycles. The van der Waals surface area contributed by atoms with Crippen LogP contribution in [0.5, 0.6) is 0 Å². The third-order valence-electron chi connectivity index (χ3n) is 4.59. The second-order valence-electron chi connectivity index (χ2n) is 6.41. The quantitative estimate of drug-likeness (QED) is 0.909. The van der Waals surface area contributed by atoms with Gasteiger partial charge in [0.1, 0.15) is 5.82 Å². The summed E-state index contributed by atoms with van der Waals surface area (Å²) in [6, 6.07) is 16.1. The molecule has 2 aromatic rings. The van der Waals surface area contributed by atoms with Gasteiger partial charge in [-0.3, -0.25) is 9.59 Å². The maximum atomic E-state index is 13.9. The first-order valence-electron chi connectivity index (χ1n) is 8.44. The van der Waals surface area contributed by atoms with E-state index in [9.17, 15) is 14.0 Å². The average molecular weight is 340 g/mol. The Hall–Kier alpha value is -2.69. The second-order valence-corrected chi connectivity index (χ2v) is 6.41. The lowest BCUT2D eigenvalue weighted by atomic mass is 10.0. The summed E-state index contributed by atoms with van der Waals surface area (Å²) in [6.45, 7) is 2.76. The molecule has 0 bridgehead atoms. The number of nitrogens with zero attached hydrogens (tertiary/aromatic N) is 1. The van der Waals surface area contributed by atoms with Crippen LogP contribution in [0.2, 0.25) is 0 Å². The van der Waals surface area contributed by atoms with Gasteiger partial charge < -0.3 is 10.2 Å². The molecule has 0 unspecified atom stereocenters. The van der Waals surface area contributed by atoms with E-state index in [0.29, 0.717) is 6.54 Å². The van der Waals surface area contributed by atoms with E-state index in [1.807, 2.05) is 37.3 Å². The lowest BCUT2D eigenvalue weighted by molar-refractivity contribution is -0.126. The number of carbonyl (C=O) groups excluding carboxylic acids is 2. The molecule has 5 heteroatoms. The minimum Gasteiger partial charge on any atom is -0.355 e. The Morgan fingerprint density at radius 1 is 1.20 bits per heavy atom. The summed E-state index contributed by atoms with van der Waals surface area (Å²) >= 11 is 0. The van der Waals surface area contributed by atoms with Crippen molar-refractivity contribution < 1.29 is 14.0 Å². The number of carbonyl (C=O) groups is 2. The molecular formula is C20H21FN2O2. The van der Waals surface area contributed by atoms with Gasteiger partial charge in [0.15, 0.2) is 0 Å². The van der Waals surface area contributed by atoms with Crippen molar-refractivity contribution in [2.75, 3.05) is 18.0 Å². The number of hydrogen-bond donors (Lipinski definition) is 1. The topological polar surface area (TPSA) is 49.4 Å². The van der Waals surface area contributed by atoms with E-state index in [0.717, 1.165) is 5.56 Å². The molecular weight excluding hydrogens is 319 g/mol. The lowest BCUT2D eigenvalue weighted by Gasteiger charge is -2.18. The zero-order chi connectivity index (χ0) is 17.8. The standard InChI is InChI=1S/C20H21FN2O2/c1-14(15-7-3-2-4-8-15)12-22-20(25)16-11-19(24)23(13-16)18-10-6-5-9-17(18)21/h2-10,14,16H,11-13H2,1H3,(H,22,25)/t14-,16+/m1/s1. The second kappa shape index (κ2) is 7.47. The Morgan fingerprint density at radius 3 is 2.60 bits per heavy atom. The summed E-state index contributed by atoms with van der Waals surface area (Å²) in [4.78, 5) is 25.9. The van der Waals surface area contributed by atoms with Crippen LogP contribution in [0.4, 0.5) is 10.1 Å². The first-order chi connectivity index (χ1) is 12.1. The monoisotopic (exact) mass is 340 g/mol. The van der Waals surface area contributed by atoms with Crippen LogP contribution in [0.1, 0.15) is 24.8 Å². The average Bonchev–Trinajstić information content (AvgIpc) is 3.02. The van der Waals surface area contributed by atoms with Crippen molar-refractivity contribution in [2.24, 2.45) is 5.92 Å². The molecule has 2 aromatic carbocycles. The number of rotatable bonds is 5. The smallest absolute Gasteiger partial charge is 0.227 e. The van der Waals surface area contributed by atoms with Gasteiger partial charge in [0.2, 0.25) is 11.8 Å². The molecule has 2 amide bonds. The fraction of sp³-hybridized carbons (Fsp3) is 0.300. The molecule has 0 radical (unpaired) electrons. The summed E-state index contributed by atoms with van der Waals surface area (Å²) in [6.07, 6.45) is 0.111. The summed E-state index contributed by atoms with van der Waals surface area (Å²) in [5.41, 5.74) is 1.39. The highest BCUT2D eigenvalue weighted by atomic mass is 19.1.